The Balaban J connectivity index is 1.61. The maximum atomic E-state index is 11.9. The predicted molar refractivity (Wildman–Crippen MR) is 88.0 cm³/mol. The number of nitriles is 1. The van der Waals surface area contributed by atoms with E-state index in [1.807, 2.05) is 35.7 Å². The molecule has 8 nitrogen and oxygen atoms in total. The molecule has 3 heterocycles. The monoisotopic (exact) mass is 336 g/mol. The van der Waals surface area contributed by atoms with Gasteiger partial charge in [-0.2, -0.15) is 10.2 Å². The molecule has 0 unspecified atom stereocenters. The summed E-state index contributed by atoms with van der Waals surface area (Å²) in [5.74, 6) is 0.105. The van der Waals surface area contributed by atoms with Crippen LogP contribution in [0.4, 0.5) is 11.5 Å². The molecule has 3 aromatic heterocycles. The predicted octanol–water partition coefficient (Wildman–Crippen LogP) is 2.65. The van der Waals surface area contributed by atoms with Crippen LogP contribution >= 0.6 is 11.3 Å². The Kier molecular flexibility index (Phi) is 3.29. The number of rotatable bonds is 3. The number of thiophene rings is 1. The summed E-state index contributed by atoms with van der Waals surface area (Å²) in [7, 11) is 0. The fourth-order valence-electron chi connectivity index (χ4n) is 2.17. The molecule has 0 atom stereocenters. The molecule has 4 rings (SSSR count). The van der Waals surface area contributed by atoms with Gasteiger partial charge in [0.15, 0.2) is 5.82 Å². The normalized spacial score (nSPS) is 10.6. The van der Waals surface area contributed by atoms with Crippen molar-refractivity contribution in [2.24, 2.45) is 0 Å². The minimum Gasteiger partial charge on any atom is -0.336 e. The Morgan fingerprint density at radius 2 is 2.04 bits per heavy atom. The Labute approximate surface area is 138 Å². The molecule has 0 saturated heterocycles. The molecule has 1 aromatic carbocycles. The lowest BCUT2D eigenvalue weighted by Gasteiger charge is -2.05. The van der Waals surface area contributed by atoms with Crippen LogP contribution in [-0.4, -0.2) is 20.3 Å². The summed E-state index contributed by atoms with van der Waals surface area (Å²) in [6, 6.07) is 11.4. The summed E-state index contributed by atoms with van der Waals surface area (Å²) in [5, 5.41) is 20.9. The van der Waals surface area contributed by atoms with Crippen molar-refractivity contribution in [3.8, 4) is 17.2 Å². The zero-order valence-electron chi connectivity index (χ0n) is 12.0. The summed E-state index contributed by atoms with van der Waals surface area (Å²) in [5.41, 5.74) is 2.66. The van der Waals surface area contributed by atoms with Gasteiger partial charge in [0.1, 0.15) is 10.9 Å². The van der Waals surface area contributed by atoms with E-state index in [0.29, 0.717) is 10.6 Å². The molecule has 4 aromatic rings. The van der Waals surface area contributed by atoms with E-state index < -0.39 is 5.56 Å². The first-order valence-corrected chi connectivity index (χ1v) is 7.69. The van der Waals surface area contributed by atoms with E-state index in [0.717, 1.165) is 11.1 Å². The number of benzene rings is 1. The maximum Gasteiger partial charge on any atom is 0.292 e. The van der Waals surface area contributed by atoms with Crippen LogP contribution in [0.15, 0.2) is 45.1 Å². The number of fused-ring (bicyclic) bond motifs is 1. The lowest BCUT2D eigenvalue weighted by atomic mass is 10.1. The van der Waals surface area contributed by atoms with Crippen LogP contribution in [0.1, 0.15) is 4.88 Å². The third kappa shape index (κ3) is 2.51. The molecule has 0 aliphatic heterocycles. The van der Waals surface area contributed by atoms with Crippen LogP contribution in [0.25, 0.3) is 22.4 Å². The van der Waals surface area contributed by atoms with Gasteiger partial charge in [0.05, 0.1) is 0 Å². The summed E-state index contributed by atoms with van der Waals surface area (Å²) >= 11 is 1.40. The Bertz CT molecular complexity index is 1120. The highest BCUT2D eigenvalue weighted by atomic mass is 32.1. The van der Waals surface area contributed by atoms with Gasteiger partial charge in [-0.15, -0.1) is 11.3 Å². The first-order valence-electron chi connectivity index (χ1n) is 6.81. The van der Waals surface area contributed by atoms with Crippen molar-refractivity contribution in [3.05, 3.63) is 50.9 Å². The SMILES string of the molecule is N#Cc1cc(-c2ccc(Nc3nc4nonc4[nH]c3=O)cc2)cs1. The first kappa shape index (κ1) is 14.1. The van der Waals surface area contributed by atoms with Crippen LogP contribution < -0.4 is 10.9 Å². The topological polar surface area (TPSA) is 120 Å². The first-order chi connectivity index (χ1) is 11.7. The Morgan fingerprint density at radius 3 is 2.79 bits per heavy atom. The number of nitrogens with one attached hydrogen (secondary N) is 2. The van der Waals surface area contributed by atoms with E-state index >= 15 is 0 Å². The lowest BCUT2D eigenvalue weighted by molar-refractivity contribution is 0.314. The van der Waals surface area contributed by atoms with E-state index in [4.69, 9.17) is 5.26 Å². The summed E-state index contributed by atoms with van der Waals surface area (Å²) < 4.78 is 4.52. The molecular weight excluding hydrogens is 328 g/mol. The summed E-state index contributed by atoms with van der Waals surface area (Å²) in [4.78, 5) is 19.2. The highest BCUT2D eigenvalue weighted by Gasteiger charge is 2.09. The fourth-order valence-corrected chi connectivity index (χ4v) is 2.88. The standard InChI is InChI=1S/C15H8N6O2S/c16-6-11-5-9(7-24-11)8-1-3-10(4-2-8)17-14-15(22)19-13-12(18-14)20-23-21-13/h1-5,7H,(H,17,18,20)(H,19,21,22). The molecular formula is C15H8N6O2S. The van der Waals surface area contributed by atoms with Gasteiger partial charge in [-0.25, -0.2) is 4.63 Å². The third-order valence-corrected chi connectivity index (χ3v) is 4.16. The number of hydrogen-bond acceptors (Lipinski definition) is 8. The number of aromatic nitrogens is 4. The maximum absolute atomic E-state index is 11.9. The average Bonchev–Trinajstić information content (AvgIpc) is 3.24. The zero-order chi connectivity index (χ0) is 16.5. The Hall–Kier alpha value is -3.51. The van der Waals surface area contributed by atoms with E-state index in [-0.39, 0.29) is 17.1 Å². The van der Waals surface area contributed by atoms with Gasteiger partial charge in [0, 0.05) is 5.69 Å². The minimum absolute atomic E-state index is 0.105. The summed E-state index contributed by atoms with van der Waals surface area (Å²) in [6.07, 6.45) is 0. The van der Waals surface area contributed by atoms with E-state index in [1.165, 1.54) is 11.3 Å². The van der Waals surface area contributed by atoms with Gasteiger partial charge in [-0.1, -0.05) is 12.1 Å². The van der Waals surface area contributed by atoms with Crippen molar-refractivity contribution in [3.63, 3.8) is 0 Å². The van der Waals surface area contributed by atoms with Gasteiger partial charge < -0.3 is 5.32 Å². The second-order valence-corrected chi connectivity index (χ2v) is 5.78. The van der Waals surface area contributed by atoms with Gasteiger partial charge >= 0.3 is 0 Å². The van der Waals surface area contributed by atoms with Crippen molar-refractivity contribution in [1.29, 1.82) is 5.26 Å². The van der Waals surface area contributed by atoms with Gasteiger partial charge in [-0.05, 0) is 45.0 Å². The summed E-state index contributed by atoms with van der Waals surface area (Å²) in [6.45, 7) is 0. The number of aromatic amines is 1. The second-order valence-electron chi connectivity index (χ2n) is 4.86. The highest BCUT2D eigenvalue weighted by Crippen LogP contribution is 2.26. The number of nitrogens with zero attached hydrogens (tertiary/aromatic N) is 4. The average molecular weight is 336 g/mol. The zero-order valence-corrected chi connectivity index (χ0v) is 12.8. The minimum atomic E-state index is -0.418. The van der Waals surface area contributed by atoms with Crippen molar-refractivity contribution in [1.82, 2.24) is 20.3 Å². The highest BCUT2D eigenvalue weighted by molar-refractivity contribution is 7.10. The molecule has 0 aliphatic rings. The number of H-pyrrole nitrogens is 1. The van der Waals surface area contributed by atoms with Crippen LogP contribution in [-0.2, 0) is 0 Å². The van der Waals surface area contributed by atoms with Crippen LogP contribution in [0, 0.1) is 11.3 Å². The largest absolute Gasteiger partial charge is 0.336 e. The number of anilines is 2. The molecule has 0 aliphatic carbocycles. The third-order valence-electron chi connectivity index (χ3n) is 3.33. The quantitative estimate of drug-likeness (QED) is 0.590. The van der Waals surface area contributed by atoms with E-state index in [2.05, 4.69) is 36.3 Å². The molecule has 0 fully saturated rings. The van der Waals surface area contributed by atoms with Crippen LogP contribution in [0.3, 0.4) is 0 Å². The van der Waals surface area contributed by atoms with E-state index in [9.17, 15) is 4.79 Å². The molecule has 0 spiro atoms. The molecule has 2 N–H and O–H groups in total. The van der Waals surface area contributed by atoms with Crippen molar-refractivity contribution >= 4 is 34.1 Å². The van der Waals surface area contributed by atoms with E-state index in [1.54, 1.807) is 0 Å². The second kappa shape index (κ2) is 5.60. The molecule has 0 saturated carbocycles. The molecule has 9 heteroatoms. The van der Waals surface area contributed by atoms with Crippen molar-refractivity contribution in [2.45, 2.75) is 0 Å². The molecule has 0 radical (unpaired) electrons. The molecule has 0 amide bonds. The van der Waals surface area contributed by atoms with Crippen LogP contribution in [0.2, 0.25) is 0 Å². The van der Waals surface area contributed by atoms with Gasteiger partial charge in [0.25, 0.3) is 5.56 Å². The van der Waals surface area contributed by atoms with Gasteiger partial charge in [0.2, 0.25) is 11.3 Å². The fraction of sp³-hybridized carbons (Fsp3) is 0. The molecule has 0 bridgehead atoms. The molecule has 24 heavy (non-hydrogen) atoms. The van der Waals surface area contributed by atoms with Gasteiger partial charge in [-0.3, -0.25) is 9.78 Å². The lowest BCUT2D eigenvalue weighted by Crippen LogP contribution is -2.13. The van der Waals surface area contributed by atoms with Crippen molar-refractivity contribution in [2.75, 3.05) is 5.32 Å². The molecule has 116 valence electrons. The number of hydrogen-bond donors (Lipinski definition) is 2. The van der Waals surface area contributed by atoms with Crippen molar-refractivity contribution < 1.29 is 4.63 Å². The van der Waals surface area contributed by atoms with Crippen LogP contribution in [0.5, 0.6) is 0 Å². The Morgan fingerprint density at radius 1 is 1.21 bits per heavy atom. The smallest absolute Gasteiger partial charge is 0.292 e.